The van der Waals surface area contributed by atoms with Crippen molar-refractivity contribution in [2.75, 3.05) is 25.2 Å². The van der Waals surface area contributed by atoms with Gasteiger partial charge in [-0.15, -0.1) is 0 Å². The molecule has 0 spiro atoms. The van der Waals surface area contributed by atoms with Gasteiger partial charge < -0.3 is 14.4 Å². The number of carbonyl (C=O) groups excluding carboxylic acids is 1. The first-order valence-corrected chi connectivity index (χ1v) is 12.2. The SMILES string of the molecule is COc1ccc(CN2C(=NC(=O)COc3ccccc3)S[C@H]3CS(=O)(=O)C[C@H]32)cc1. The van der Waals surface area contributed by atoms with Gasteiger partial charge in [-0.05, 0) is 29.8 Å². The first-order valence-electron chi connectivity index (χ1n) is 9.49. The lowest BCUT2D eigenvalue weighted by Crippen LogP contribution is -2.37. The Hall–Kier alpha value is -2.52. The van der Waals surface area contributed by atoms with Gasteiger partial charge in [-0.2, -0.15) is 4.99 Å². The third-order valence-electron chi connectivity index (χ3n) is 5.01. The van der Waals surface area contributed by atoms with Crippen molar-refractivity contribution in [2.24, 2.45) is 4.99 Å². The van der Waals surface area contributed by atoms with Crippen LogP contribution in [0.25, 0.3) is 0 Å². The van der Waals surface area contributed by atoms with E-state index in [0.29, 0.717) is 17.5 Å². The van der Waals surface area contributed by atoms with E-state index in [1.165, 1.54) is 11.8 Å². The van der Waals surface area contributed by atoms with Crippen LogP contribution in [0.5, 0.6) is 11.5 Å². The molecule has 2 heterocycles. The molecular weight excluding hydrogens is 424 g/mol. The maximum absolute atomic E-state index is 12.4. The molecule has 30 heavy (non-hydrogen) atoms. The molecular formula is C21H22N2O5S2. The van der Waals surface area contributed by atoms with Crippen LogP contribution in [0.1, 0.15) is 5.56 Å². The standard InChI is InChI=1S/C21H22N2O5S2/c1-27-16-9-7-15(8-10-16)11-23-18-13-30(25,26)14-19(18)29-21(23)22-20(24)12-28-17-5-3-2-4-6-17/h2-10,18-19H,11-14H2,1H3/t18-,19+/m1/s1. The quantitative estimate of drug-likeness (QED) is 0.673. The molecule has 0 N–H and O–H groups in total. The van der Waals surface area contributed by atoms with E-state index in [0.717, 1.165) is 11.3 Å². The molecule has 2 atom stereocenters. The normalized spacial score (nSPS) is 23.4. The van der Waals surface area contributed by atoms with E-state index in [1.54, 1.807) is 19.2 Å². The third kappa shape index (κ3) is 4.79. The zero-order valence-corrected chi connectivity index (χ0v) is 18.1. The Labute approximate surface area is 180 Å². The van der Waals surface area contributed by atoms with Crippen molar-refractivity contribution in [3.05, 3.63) is 60.2 Å². The van der Waals surface area contributed by atoms with Crippen molar-refractivity contribution >= 4 is 32.7 Å². The zero-order valence-electron chi connectivity index (χ0n) is 16.4. The third-order valence-corrected chi connectivity index (χ3v) is 8.26. The lowest BCUT2D eigenvalue weighted by Gasteiger charge is -2.24. The van der Waals surface area contributed by atoms with Crippen LogP contribution < -0.4 is 9.47 Å². The maximum atomic E-state index is 12.4. The average molecular weight is 447 g/mol. The van der Waals surface area contributed by atoms with Crippen LogP contribution in [0.15, 0.2) is 59.6 Å². The van der Waals surface area contributed by atoms with Crippen molar-refractivity contribution < 1.29 is 22.7 Å². The minimum Gasteiger partial charge on any atom is -0.497 e. The number of benzene rings is 2. The van der Waals surface area contributed by atoms with Crippen LogP contribution in [0.4, 0.5) is 0 Å². The largest absolute Gasteiger partial charge is 0.497 e. The van der Waals surface area contributed by atoms with E-state index in [4.69, 9.17) is 9.47 Å². The molecule has 0 bridgehead atoms. The number of hydrogen-bond donors (Lipinski definition) is 0. The highest BCUT2D eigenvalue weighted by Crippen LogP contribution is 2.39. The molecule has 0 saturated carbocycles. The van der Waals surface area contributed by atoms with Crippen molar-refractivity contribution in [3.8, 4) is 11.5 Å². The first kappa shape index (κ1) is 20.7. The van der Waals surface area contributed by atoms with Crippen LogP contribution in [0, 0.1) is 0 Å². The predicted molar refractivity (Wildman–Crippen MR) is 117 cm³/mol. The zero-order chi connectivity index (χ0) is 21.1. The van der Waals surface area contributed by atoms with Crippen molar-refractivity contribution in [2.45, 2.75) is 17.8 Å². The summed E-state index contributed by atoms with van der Waals surface area (Å²) in [4.78, 5) is 18.6. The van der Waals surface area contributed by atoms with Gasteiger partial charge in [0.1, 0.15) is 11.5 Å². The summed E-state index contributed by atoms with van der Waals surface area (Å²) in [5.74, 6) is 1.13. The van der Waals surface area contributed by atoms with Crippen molar-refractivity contribution in [1.29, 1.82) is 0 Å². The number of para-hydroxylation sites is 1. The Kier molecular flexibility index (Phi) is 6.01. The lowest BCUT2D eigenvalue weighted by molar-refractivity contribution is -0.119. The number of aliphatic imine (C=N–C) groups is 1. The second-order valence-electron chi connectivity index (χ2n) is 7.17. The second kappa shape index (κ2) is 8.69. The fraction of sp³-hybridized carbons (Fsp3) is 0.333. The maximum Gasteiger partial charge on any atom is 0.285 e. The van der Waals surface area contributed by atoms with Gasteiger partial charge >= 0.3 is 0 Å². The monoisotopic (exact) mass is 446 g/mol. The fourth-order valence-electron chi connectivity index (χ4n) is 3.55. The summed E-state index contributed by atoms with van der Waals surface area (Å²) in [5, 5.41) is 0.437. The number of ether oxygens (including phenoxy) is 2. The molecule has 2 aromatic rings. The minimum absolute atomic E-state index is 0.0779. The summed E-state index contributed by atoms with van der Waals surface area (Å²) in [7, 11) is -1.48. The number of nitrogens with zero attached hydrogens (tertiary/aromatic N) is 2. The van der Waals surface area contributed by atoms with Crippen molar-refractivity contribution in [1.82, 2.24) is 4.90 Å². The Balaban J connectivity index is 1.51. The highest BCUT2D eigenvalue weighted by Gasteiger charge is 2.48. The van der Waals surface area contributed by atoms with E-state index in [9.17, 15) is 13.2 Å². The van der Waals surface area contributed by atoms with Gasteiger partial charge in [0.05, 0.1) is 24.7 Å². The van der Waals surface area contributed by atoms with E-state index >= 15 is 0 Å². The summed E-state index contributed by atoms with van der Waals surface area (Å²) in [5.41, 5.74) is 0.988. The lowest BCUT2D eigenvalue weighted by atomic mass is 10.1. The first-order chi connectivity index (χ1) is 14.4. The molecule has 2 aromatic carbocycles. The van der Waals surface area contributed by atoms with Crippen LogP contribution in [-0.4, -0.2) is 60.9 Å². The van der Waals surface area contributed by atoms with Gasteiger partial charge in [0.25, 0.3) is 5.91 Å². The van der Waals surface area contributed by atoms with Gasteiger partial charge in [-0.25, -0.2) is 8.42 Å². The average Bonchev–Trinajstić information content (AvgIpc) is 3.19. The van der Waals surface area contributed by atoms with E-state index in [2.05, 4.69) is 4.99 Å². The molecule has 2 saturated heterocycles. The van der Waals surface area contributed by atoms with Crippen molar-refractivity contribution in [3.63, 3.8) is 0 Å². The molecule has 0 aliphatic carbocycles. The Morgan fingerprint density at radius 2 is 1.83 bits per heavy atom. The number of carbonyl (C=O) groups is 1. The molecule has 9 heteroatoms. The number of amides is 1. The Bertz CT molecular complexity index is 1040. The number of methoxy groups -OCH3 is 1. The molecule has 0 aromatic heterocycles. The second-order valence-corrected chi connectivity index (χ2v) is 10.5. The van der Waals surface area contributed by atoms with Crippen LogP contribution >= 0.6 is 11.8 Å². The van der Waals surface area contributed by atoms with E-state index in [-0.39, 0.29) is 29.4 Å². The fourth-order valence-corrected chi connectivity index (χ4v) is 7.52. The van der Waals surface area contributed by atoms with E-state index < -0.39 is 15.7 Å². The predicted octanol–water partition coefficient (Wildman–Crippen LogP) is 2.37. The number of rotatable bonds is 6. The van der Waals surface area contributed by atoms with Gasteiger partial charge in [-0.3, -0.25) is 4.79 Å². The molecule has 0 radical (unpaired) electrons. The topological polar surface area (TPSA) is 85.3 Å². The molecule has 2 aliphatic rings. The molecule has 158 valence electrons. The molecule has 2 aliphatic heterocycles. The molecule has 2 fully saturated rings. The summed E-state index contributed by atoms with van der Waals surface area (Å²) < 4.78 is 34.9. The van der Waals surface area contributed by atoms with Crippen LogP contribution in [-0.2, 0) is 21.2 Å². The number of hydrogen-bond acceptors (Lipinski definition) is 6. The summed E-state index contributed by atoms with van der Waals surface area (Å²) >= 11 is 1.36. The van der Waals surface area contributed by atoms with Gasteiger partial charge in [0.2, 0.25) is 0 Å². The summed E-state index contributed by atoms with van der Waals surface area (Å²) in [6.45, 7) is 0.303. The van der Waals surface area contributed by atoms with Crippen LogP contribution in [0.3, 0.4) is 0 Å². The minimum atomic E-state index is -3.09. The molecule has 7 nitrogen and oxygen atoms in total. The molecule has 4 rings (SSSR count). The number of fused-ring (bicyclic) bond motifs is 1. The Morgan fingerprint density at radius 1 is 1.10 bits per heavy atom. The summed E-state index contributed by atoms with van der Waals surface area (Å²) in [6.07, 6.45) is 0. The molecule has 0 unspecified atom stereocenters. The summed E-state index contributed by atoms with van der Waals surface area (Å²) in [6, 6.07) is 16.5. The van der Waals surface area contributed by atoms with Gasteiger partial charge in [0.15, 0.2) is 21.6 Å². The Morgan fingerprint density at radius 3 is 2.53 bits per heavy atom. The number of thioether (sulfide) groups is 1. The number of amidine groups is 1. The highest BCUT2D eigenvalue weighted by molar-refractivity contribution is 8.15. The van der Waals surface area contributed by atoms with Gasteiger partial charge in [0, 0.05) is 11.8 Å². The smallest absolute Gasteiger partial charge is 0.285 e. The molecule has 1 amide bonds. The number of sulfone groups is 1. The highest BCUT2D eigenvalue weighted by atomic mass is 32.2. The van der Waals surface area contributed by atoms with Gasteiger partial charge in [-0.1, -0.05) is 42.1 Å². The van der Waals surface area contributed by atoms with E-state index in [1.807, 2.05) is 47.4 Å². The van der Waals surface area contributed by atoms with Crippen LogP contribution in [0.2, 0.25) is 0 Å².